The van der Waals surface area contributed by atoms with Gasteiger partial charge in [-0.3, -0.25) is 0 Å². The van der Waals surface area contributed by atoms with Crippen LogP contribution in [0.3, 0.4) is 0 Å². The molecule has 1 aromatic rings. The van der Waals surface area contributed by atoms with Crippen LogP contribution in [0.5, 0.6) is 5.75 Å². The van der Waals surface area contributed by atoms with Gasteiger partial charge < -0.3 is 10.0 Å². The Labute approximate surface area is 85.2 Å². The van der Waals surface area contributed by atoms with E-state index >= 15 is 0 Å². The lowest BCUT2D eigenvalue weighted by atomic mass is 9.92. The molecule has 1 atom stereocenters. The molecule has 0 fully saturated rings. The average molecular weight is 192 g/mol. The zero-order valence-corrected chi connectivity index (χ0v) is 9.15. The topological polar surface area (TPSA) is 24.7 Å². The molecule has 0 bridgehead atoms. The molecule has 0 saturated carbocycles. The third kappa shape index (κ3) is 1.40. The van der Waals surface area contributed by atoms with Gasteiger partial charge >= 0.3 is 0 Å². The van der Waals surface area contributed by atoms with E-state index in [4.69, 9.17) is 0 Å². The van der Waals surface area contributed by atoms with Crippen molar-refractivity contribution in [1.82, 2.24) is 0 Å². The van der Waals surface area contributed by atoms with Gasteiger partial charge in [-0.15, -0.1) is 0 Å². The van der Waals surface area contributed by atoms with Crippen LogP contribution in [0.25, 0.3) is 0 Å². The van der Waals surface area contributed by atoms with Gasteiger partial charge in [0.1, 0.15) is 12.3 Å². The molecule has 76 valence electrons. The molecule has 0 aromatic heterocycles. The number of hydrogen-bond acceptors (Lipinski definition) is 1. The zero-order chi connectivity index (χ0) is 10.3. The summed E-state index contributed by atoms with van der Waals surface area (Å²) in [5, 5.41) is 9.82. The Bertz CT molecular complexity index is 371. The first-order valence-corrected chi connectivity index (χ1v) is 5.22. The van der Waals surface area contributed by atoms with Gasteiger partial charge in [-0.2, -0.15) is 0 Å². The predicted molar refractivity (Wildman–Crippen MR) is 56.7 cm³/mol. The van der Waals surface area contributed by atoms with E-state index in [1.165, 1.54) is 17.7 Å². The second kappa shape index (κ2) is 3.28. The van der Waals surface area contributed by atoms with Gasteiger partial charge in [-0.1, -0.05) is 0 Å². The number of likely N-dealkylation sites (N-methyl/N-ethyl adjacent to an activating group) is 1. The number of quaternary nitrogens is 1. The normalized spacial score (nSPS) is 20.6. The van der Waals surface area contributed by atoms with Crippen molar-refractivity contribution in [1.29, 1.82) is 0 Å². The van der Waals surface area contributed by atoms with E-state index in [0.29, 0.717) is 5.75 Å². The van der Waals surface area contributed by atoms with Crippen LogP contribution >= 0.6 is 0 Å². The number of nitrogens with one attached hydrogen (secondary N) is 1. The van der Waals surface area contributed by atoms with Crippen LogP contribution in [0.2, 0.25) is 0 Å². The van der Waals surface area contributed by atoms with Crippen LogP contribution in [0, 0.1) is 13.8 Å². The summed E-state index contributed by atoms with van der Waals surface area (Å²) in [6.07, 6.45) is 1.10. The number of hydrogen-bond donors (Lipinski definition) is 2. The number of benzene rings is 1. The molecule has 0 amide bonds. The third-order valence-corrected chi connectivity index (χ3v) is 3.25. The van der Waals surface area contributed by atoms with Gasteiger partial charge in [-0.05, 0) is 36.6 Å². The van der Waals surface area contributed by atoms with Gasteiger partial charge in [0.05, 0.1) is 13.6 Å². The monoisotopic (exact) mass is 192 g/mol. The number of rotatable bonds is 0. The Morgan fingerprint density at radius 3 is 2.79 bits per heavy atom. The Morgan fingerprint density at radius 2 is 2.07 bits per heavy atom. The molecule has 0 aliphatic carbocycles. The maximum absolute atomic E-state index is 9.82. The van der Waals surface area contributed by atoms with E-state index in [-0.39, 0.29) is 0 Å². The number of phenols is 1. The number of aromatic hydroxyl groups is 1. The van der Waals surface area contributed by atoms with E-state index in [2.05, 4.69) is 13.1 Å². The second-order valence-corrected chi connectivity index (χ2v) is 4.44. The van der Waals surface area contributed by atoms with Crippen molar-refractivity contribution in [2.24, 2.45) is 0 Å². The number of phenolic OH excluding ortho intramolecular Hbond substituents is 1. The molecule has 2 N–H and O–H groups in total. The summed E-state index contributed by atoms with van der Waals surface area (Å²) in [6, 6.07) is 2.14. The van der Waals surface area contributed by atoms with Gasteiger partial charge in [-0.25, -0.2) is 0 Å². The lowest BCUT2D eigenvalue weighted by Crippen LogP contribution is -3.08. The Kier molecular flexibility index (Phi) is 2.23. The van der Waals surface area contributed by atoms with Crippen molar-refractivity contribution in [2.75, 3.05) is 13.6 Å². The van der Waals surface area contributed by atoms with Crippen LogP contribution in [-0.4, -0.2) is 18.7 Å². The quantitative estimate of drug-likeness (QED) is 0.617. The van der Waals surface area contributed by atoms with Crippen LogP contribution in [-0.2, 0) is 13.0 Å². The molecular weight excluding hydrogens is 174 g/mol. The summed E-state index contributed by atoms with van der Waals surface area (Å²) < 4.78 is 0. The first-order valence-electron chi connectivity index (χ1n) is 5.22. The predicted octanol–water partition coefficient (Wildman–Crippen LogP) is 0.580. The van der Waals surface area contributed by atoms with Gasteiger partial charge in [0, 0.05) is 12.0 Å². The van der Waals surface area contributed by atoms with Crippen molar-refractivity contribution in [3.8, 4) is 5.75 Å². The standard InChI is InChI=1S/C12H17NO/c1-8-6-10-7-13(3)5-4-11(10)9(2)12(8)14/h6,14H,4-5,7H2,1-3H3/p+1. The second-order valence-electron chi connectivity index (χ2n) is 4.44. The SMILES string of the molecule is Cc1cc2c(c(C)c1O)CC[NH+](C)C2. The van der Waals surface area contributed by atoms with E-state index in [9.17, 15) is 5.11 Å². The lowest BCUT2D eigenvalue weighted by Gasteiger charge is -2.24. The average Bonchev–Trinajstić information content (AvgIpc) is 2.14. The van der Waals surface area contributed by atoms with E-state index in [1.54, 1.807) is 4.90 Å². The highest BCUT2D eigenvalue weighted by Crippen LogP contribution is 2.28. The van der Waals surface area contributed by atoms with Gasteiger partial charge in [0.15, 0.2) is 0 Å². The summed E-state index contributed by atoms with van der Waals surface area (Å²) in [6.45, 7) is 6.28. The fourth-order valence-corrected chi connectivity index (χ4v) is 2.35. The molecule has 0 radical (unpaired) electrons. The smallest absolute Gasteiger partial charge is 0.121 e. The molecule has 2 nitrogen and oxygen atoms in total. The van der Waals surface area contributed by atoms with E-state index in [1.807, 2.05) is 13.8 Å². The maximum atomic E-state index is 9.82. The minimum Gasteiger partial charge on any atom is -0.507 e. The molecule has 1 aliphatic heterocycles. The summed E-state index contributed by atoms with van der Waals surface area (Å²) in [5.41, 5.74) is 4.89. The van der Waals surface area contributed by atoms with Crippen LogP contribution < -0.4 is 4.90 Å². The van der Waals surface area contributed by atoms with Gasteiger partial charge in [0.25, 0.3) is 0 Å². The Hall–Kier alpha value is -1.02. The number of aryl methyl sites for hydroxylation is 1. The first kappa shape index (κ1) is 9.53. The summed E-state index contributed by atoms with van der Waals surface area (Å²) in [4.78, 5) is 1.56. The van der Waals surface area contributed by atoms with Crippen molar-refractivity contribution < 1.29 is 10.0 Å². The lowest BCUT2D eigenvalue weighted by molar-refractivity contribution is -0.895. The minimum absolute atomic E-state index is 0.489. The molecule has 1 aromatic carbocycles. The highest BCUT2D eigenvalue weighted by molar-refractivity contribution is 5.48. The molecule has 1 unspecified atom stereocenters. The Balaban J connectivity index is 2.54. The van der Waals surface area contributed by atoms with Crippen LogP contribution in [0.15, 0.2) is 6.07 Å². The van der Waals surface area contributed by atoms with Gasteiger partial charge in [0.2, 0.25) is 0 Å². The van der Waals surface area contributed by atoms with Crippen molar-refractivity contribution in [3.63, 3.8) is 0 Å². The molecule has 1 aliphatic rings. The highest BCUT2D eigenvalue weighted by Gasteiger charge is 2.20. The number of fused-ring (bicyclic) bond motifs is 1. The maximum Gasteiger partial charge on any atom is 0.121 e. The molecular formula is C12H18NO+. The third-order valence-electron chi connectivity index (χ3n) is 3.25. The minimum atomic E-state index is 0.489. The van der Waals surface area contributed by atoms with Crippen molar-refractivity contribution in [3.05, 3.63) is 28.3 Å². The molecule has 0 saturated heterocycles. The fraction of sp³-hybridized carbons (Fsp3) is 0.500. The first-order chi connectivity index (χ1) is 6.59. The summed E-state index contributed by atoms with van der Waals surface area (Å²) in [5.74, 6) is 0.489. The van der Waals surface area contributed by atoms with E-state index in [0.717, 1.165) is 24.1 Å². The molecule has 0 spiro atoms. The van der Waals surface area contributed by atoms with Crippen LogP contribution in [0.4, 0.5) is 0 Å². The molecule has 14 heavy (non-hydrogen) atoms. The largest absolute Gasteiger partial charge is 0.507 e. The van der Waals surface area contributed by atoms with Crippen molar-refractivity contribution >= 4 is 0 Å². The summed E-state index contributed by atoms with van der Waals surface area (Å²) in [7, 11) is 2.22. The molecule has 2 heteroatoms. The Morgan fingerprint density at radius 1 is 1.36 bits per heavy atom. The van der Waals surface area contributed by atoms with E-state index < -0.39 is 0 Å². The summed E-state index contributed by atoms with van der Waals surface area (Å²) >= 11 is 0. The molecule has 1 heterocycles. The highest BCUT2D eigenvalue weighted by atomic mass is 16.3. The molecule has 2 rings (SSSR count). The zero-order valence-electron chi connectivity index (χ0n) is 9.15. The van der Waals surface area contributed by atoms with Crippen molar-refractivity contribution in [2.45, 2.75) is 26.8 Å². The van der Waals surface area contributed by atoms with Crippen LogP contribution in [0.1, 0.15) is 22.3 Å². The fourth-order valence-electron chi connectivity index (χ4n) is 2.35.